The summed E-state index contributed by atoms with van der Waals surface area (Å²) in [6.45, 7) is 0. The van der Waals surface area contributed by atoms with Crippen LogP contribution in [-0.2, 0) is 0 Å². The Labute approximate surface area is 117 Å². The molecule has 0 radical (unpaired) electrons. The maximum absolute atomic E-state index is 9.55. The second kappa shape index (κ2) is 6.22. The molecule has 1 aromatic carbocycles. The summed E-state index contributed by atoms with van der Waals surface area (Å²) >= 11 is 3.30. The van der Waals surface area contributed by atoms with E-state index in [1.54, 1.807) is 18.2 Å². The standard InChI is InChI=1S/C9H9BrN6O.ClH/c10-7-1-2-8(17)6(3-7)4-12-14-9-15-13-5-16(9)11;/h1-5,17H,11H2,(H,14,15);1H. The molecule has 1 heterocycles. The van der Waals surface area contributed by atoms with E-state index in [-0.39, 0.29) is 18.2 Å². The van der Waals surface area contributed by atoms with Gasteiger partial charge in [0.05, 0.1) is 6.21 Å². The third kappa shape index (κ3) is 3.34. The van der Waals surface area contributed by atoms with Crippen LogP contribution in [0.25, 0.3) is 0 Å². The molecule has 0 aliphatic rings. The third-order valence-corrected chi connectivity index (χ3v) is 2.42. The molecule has 9 heteroatoms. The highest BCUT2D eigenvalue weighted by atomic mass is 79.9. The topological polar surface area (TPSA) is 101 Å². The van der Waals surface area contributed by atoms with E-state index in [0.29, 0.717) is 11.5 Å². The number of nitrogens with zero attached hydrogens (tertiary/aromatic N) is 4. The maximum Gasteiger partial charge on any atom is 0.263 e. The molecule has 0 saturated carbocycles. The lowest BCUT2D eigenvalue weighted by Gasteiger charge is -2.00. The van der Waals surface area contributed by atoms with Crippen molar-refractivity contribution in [3.8, 4) is 5.75 Å². The predicted octanol–water partition coefficient (Wildman–Crippen LogP) is 1.33. The first-order chi connectivity index (χ1) is 8.16. The lowest BCUT2D eigenvalue weighted by Crippen LogP contribution is -2.10. The summed E-state index contributed by atoms with van der Waals surface area (Å²) in [6.07, 6.45) is 2.79. The minimum absolute atomic E-state index is 0. The van der Waals surface area contributed by atoms with Crippen LogP contribution in [0.1, 0.15) is 5.56 Å². The fraction of sp³-hybridized carbons (Fsp3) is 0. The highest BCUT2D eigenvalue weighted by Gasteiger charge is 2.00. The first kappa shape index (κ1) is 14.3. The van der Waals surface area contributed by atoms with E-state index in [1.807, 2.05) is 0 Å². The number of hydrazone groups is 1. The van der Waals surface area contributed by atoms with E-state index in [0.717, 1.165) is 4.47 Å². The van der Waals surface area contributed by atoms with Gasteiger partial charge in [0.1, 0.15) is 12.1 Å². The first-order valence-corrected chi connectivity index (χ1v) is 5.39. The Kier molecular flexibility index (Phi) is 4.93. The number of benzene rings is 1. The minimum atomic E-state index is 0. The molecule has 0 aliphatic heterocycles. The van der Waals surface area contributed by atoms with E-state index in [4.69, 9.17) is 5.84 Å². The fourth-order valence-corrected chi connectivity index (χ4v) is 1.49. The van der Waals surface area contributed by atoms with Gasteiger partial charge >= 0.3 is 0 Å². The van der Waals surface area contributed by atoms with Crippen molar-refractivity contribution in [2.24, 2.45) is 5.10 Å². The van der Waals surface area contributed by atoms with E-state index >= 15 is 0 Å². The molecule has 0 unspecified atom stereocenters. The lowest BCUT2D eigenvalue weighted by molar-refractivity contribution is 0.474. The lowest BCUT2D eigenvalue weighted by atomic mass is 10.2. The van der Waals surface area contributed by atoms with Crippen LogP contribution in [0.4, 0.5) is 5.95 Å². The van der Waals surface area contributed by atoms with Gasteiger partial charge in [-0.05, 0) is 18.2 Å². The summed E-state index contributed by atoms with van der Waals surface area (Å²) in [5.41, 5.74) is 3.16. The van der Waals surface area contributed by atoms with Gasteiger partial charge in [-0.3, -0.25) is 0 Å². The number of phenols is 1. The summed E-state index contributed by atoms with van der Waals surface area (Å²) < 4.78 is 2.04. The second-order valence-corrected chi connectivity index (χ2v) is 4.05. The van der Waals surface area contributed by atoms with Crippen LogP contribution in [0, 0.1) is 0 Å². The Balaban J connectivity index is 0.00000162. The molecule has 2 rings (SSSR count). The Morgan fingerprint density at radius 2 is 2.28 bits per heavy atom. The van der Waals surface area contributed by atoms with Gasteiger partial charge < -0.3 is 10.9 Å². The number of hydrogen-bond acceptors (Lipinski definition) is 6. The SMILES string of the molecule is Cl.Nn1cnnc1NN=Cc1cc(Br)ccc1O. The Bertz CT molecular complexity index is 558. The van der Waals surface area contributed by atoms with Crippen molar-refractivity contribution in [1.82, 2.24) is 14.9 Å². The van der Waals surface area contributed by atoms with Gasteiger partial charge in [0.2, 0.25) is 0 Å². The zero-order valence-electron chi connectivity index (χ0n) is 8.99. The minimum Gasteiger partial charge on any atom is -0.507 e. The van der Waals surface area contributed by atoms with Crippen molar-refractivity contribution in [1.29, 1.82) is 0 Å². The number of nitrogens with two attached hydrogens (primary N) is 1. The van der Waals surface area contributed by atoms with Crippen molar-refractivity contribution in [2.75, 3.05) is 11.3 Å². The Morgan fingerprint density at radius 3 is 2.94 bits per heavy atom. The van der Waals surface area contributed by atoms with E-state index in [2.05, 4.69) is 36.7 Å². The molecule has 0 saturated heterocycles. The molecule has 7 nitrogen and oxygen atoms in total. The number of nitrogen functional groups attached to an aromatic ring is 1. The van der Waals surface area contributed by atoms with Crippen LogP contribution in [0.5, 0.6) is 5.75 Å². The average Bonchev–Trinajstić information content (AvgIpc) is 2.70. The number of halogens is 2. The molecule has 96 valence electrons. The second-order valence-electron chi connectivity index (χ2n) is 3.13. The monoisotopic (exact) mass is 332 g/mol. The number of phenolic OH excluding ortho intramolecular Hbond substituents is 1. The molecule has 0 spiro atoms. The number of anilines is 1. The van der Waals surface area contributed by atoms with Crippen molar-refractivity contribution >= 4 is 40.5 Å². The molecule has 18 heavy (non-hydrogen) atoms. The zero-order valence-corrected chi connectivity index (χ0v) is 11.4. The normalized spacial score (nSPS) is 10.3. The van der Waals surface area contributed by atoms with Crippen LogP contribution in [0.2, 0.25) is 0 Å². The number of aromatic nitrogens is 3. The van der Waals surface area contributed by atoms with Gasteiger partial charge in [0.15, 0.2) is 0 Å². The highest BCUT2D eigenvalue weighted by Crippen LogP contribution is 2.19. The first-order valence-electron chi connectivity index (χ1n) is 4.59. The van der Waals surface area contributed by atoms with Gasteiger partial charge in [-0.2, -0.15) is 5.10 Å². The number of rotatable bonds is 3. The summed E-state index contributed by atoms with van der Waals surface area (Å²) in [5.74, 6) is 5.91. The van der Waals surface area contributed by atoms with Crippen LogP contribution in [0.15, 0.2) is 34.1 Å². The third-order valence-electron chi connectivity index (χ3n) is 1.93. The quantitative estimate of drug-likeness (QED) is 0.447. The molecule has 0 amide bonds. The molecule has 4 N–H and O–H groups in total. The molecular weight excluding hydrogens is 323 g/mol. The van der Waals surface area contributed by atoms with Gasteiger partial charge in [-0.1, -0.05) is 15.9 Å². The molecule has 0 bridgehead atoms. The van der Waals surface area contributed by atoms with Gasteiger partial charge in [-0.25, -0.2) is 10.1 Å². The predicted molar refractivity (Wildman–Crippen MR) is 74.4 cm³/mol. The summed E-state index contributed by atoms with van der Waals surface area (Å²) in [6, 6.07) is 5.03. The Morgan fingerprint density at radius 1 is 1.50 bits per heavy atom. The number of aromatic hydroxyl groups is 1. The van der Waals surface area contributed by atoms with Crippen LogP contribution >= 0.6 is 28.3 Å². The summed E-state index contributed by atoms with van der Waals surface area (Å²) in [5, 5.41) is 20.7. The van der Waals surface area contributed by atoms with E-state index < -0.39 is 0 Å². The smallest absolute Gasteiger partial charge is 0.263 e. The molecule has 1 aromatic heterocycles. The van der Waals surface area contributed by atoms with Crippen molar-refractivity contribution in [3.63, 3.8) is 0 Å². The zero-order chi connectivity index (χ0) is 12.3. The maximum atomic E-state index is 9.55. The highest BCUT2D eigenvalue weighted by molar-refractivity contribution is 9.10. The van der Waals surface area contributed by atoms with Crippen LogP contribution in [0.3, 0.4) is 0 Å². The van der Waals surface area contributed by atoms with E-state index in [9.17, 15) is 5.11 Å². The number of hydrogen-bond donors (Lipinski definition) is 3. The van der Waals surface area contributed by atoms with Gasteiger partial charge in [-0.15, -0.1) is 22.6 Å². The molecule has 0 atom stereocenters. The van der Waals surface area contributed by atoms with E-state index in [1.165, 1.54) is 17.2 Å². The van der Waals surface area contributed by atoms with Gasteiger partial charge in [0, 0.05) is 10.0 Å². The molecular formula is C9H10BrClN6O. The molecule has 0 aliphatic carbocycles. The van der Waals surface area contributed by atoms with Crippen molar-refractivity contribution in [2.45, 2.75) is 0 Å². The summed E-state index contributed by atoms with van der Waals surface area (Å²) in [4.78, 5) is 0. The van der Waals surface area contributed by atoms with Crippen molar-refractivity contribution < 1.29 is 5.11 Å². The van der Waals surface area contributed by atoms with Gasteiger partial charge in [0.25, 0.3) is 5.95 Å². The molecule has 0 fully saturated rings. The Hall–Kier alpha value is -1.80. The molecule has 2 aromatic rings. The summed E-state index contributed by atoms with van der Waals surface area (Å²) in [7, 11) is 0. The average molecular weight is 334 g/mol. The van der Waals surface area contributed by atoms with Crippen molar-refractivity contribution in [3.05, 3.63) is 34.6 Å². The fourth-order valence-electron chi connectivity index (χ4n) is 1.11. The van der Waals surface area contributed by atoms with Crippen LogP contribution in [-0.4, -0.2) is 26.2 Å². The number of nitrogens with one attached hydrogen (secondary N) is 1. The van der Waals surface area contributed by atoms with Crippen LogP contribution < -0.4 is 11.3 Å². The largest absolute Gasteiger partial charge is 0.507 e.